The van der Waals surface area contributed by atoms with Crippen LogP contribution in [0.1, 0.15) is 32.0 Å². The van der Waals surface area contributed by atoms with E-state index in [-0.39, 0.29) is 5.54 Å². The number of hydrogen-bond donors (Lipinski definition) is 1. The summed E-state index contributed by atoms with van der Waals surface area (Å²) >= 11 is 1.75. The molecule has 0 aliphatic heterocycles. The average molecular weight is 299 g/mol. The fourth-order valence-corrected chi connectivity index (χ4v) is 3.41. The highest BCUT2D eigenvalue weighted by Gasteiger charge is 2.21. The molecule has 0 bridgehead atoms. The zero-order valence-corrected chi connectivity index (χ0v) is 14.0. The van der Waals surface area contributed by atoms with Crippen LogP contribution >= 0.6 is 11.3 Å². The van der Waals surface area contributed by atoms with Crippen molar-refractivity contribution in [2.45, 2.75) is 40.2 Å². The first kappa shape index (κ1) is 14.1. The number of thiophene rings is 1. The van der Waals surface area contributed by atoms with Crippen LogP contribution in [-0.4, -0.2) is 14.9 Å². The molecule has 3 aromatic heterocycles. The van der Waals surface area contributed by atoms with Crippen LogP contribution in [0, 0.1) is 13.8 Å². The second kappa shape index (κ2) is 4.88. The molecule has 0 amide bonds. The Balaban J connectivity index is 2.31. The molecule has 0 radical (unpaired) electrons. The highest BCUT2D eigenvalue weighted by atomic mass is 32.1. The van der Waals surface area contributed by atoms with E-state index in [0.29, 0.717) is 0 Å². The summed E-state index contributed by atoms with van der Waals surface area (Å²) in [7, 11) is 0. The first-order chi connectivity index (χ1) is 9.87. The van der Waals surface area contributed by atoms with Crippen molar-refractivity contribution in [2.75, 3.05) is 5.32 Å². The maximum absolute atomic E-state index is 4.87. The van der Waals surface area contributed by atoms with Gasteiger partial charge in [-0.05, 0) is 63.8 Å². The minimum absolute atomic E-state index is 0.0157. The van der Waals surface area contributed by atoms with Gasteiger partial charge in [-0.3, -0.25) is 4.40 Å². The molecule has 110 valence electrons. The Morgan fingerprint density at radius 1 is 1.14 bits per heavy atom. The van der Waals surface area contributed by atoms with E-state index in [4.69, 9.17) is 4.98 Å². The maximum Gasteiger partial charge on any atom is 0.140 e. The molecule has 4 heteroatoms. The molecule has 3 rings (SSSR count). The molecular weight excluding hydrogens is 278 g/mol. The number of rotatable bonds is 2. The van der Waals surface area contributed by atoms with Crippen molar-refractivity contribution in [1.29, 1.82) is 0 Å². The van der Waals surface area contributed by atoms with Gasteiger partial charge in [0.25, 0.3) is 0 Å². The first-order valence-corrected chi connectivity index (χ1v) is 8.05. The van der Waals surface area contributed by atoms with E-state index in [9.17, 15) is 0 Å². The number of aromatic nitrogens is 2. The quantitative estimate of drug-likeness (QED) is 0.730. The molecule has 0 aliphatic carbocycles. The lowest BCUT2D eigenvalue weighted by atomic mass is 10.1. The van der Waals surface area contributed by atoms with Gasteiger partial charge in [-0.2, -0.15) is 0 Å². The predicted molar refractivity (Wildman–Crippen MR) is 91.4 cm³/mol. The molecule has 0 saturated carbocycles. The van der Waals surface area contributed by atoms with E-state index in [0.717, 1.165) is 17.2 Å². The summed E-state index contributed by atoms with van der Waals surface area (Å²) in [5.74, 6) is 1.08. The van der Waals surface area contributed by atoms with Crippen LogP contribution in [0.5, 0.6) is 0 Å². The smallest absolute Gasteiger partial charge is 0.140 e. The van der Waals surface area contributed by atoms with Gasteiger partial charge in [-0.15, -0.1) is 11.3 Å². The number of nitrogens with one attached hydrogen (secondary N) is 1. The van der Waals surface area contributed by atoms with Crippen molar-refractivity contribution in [3.05, 3.63) is 40.9 Å². The minimum Gasteiger partial charge on any atom is -0.365 e. The number of pyridine rings is 1. The van der Waals surface area contributed by atoms with Gasteiger partial charge in [-0.25, -0.2) is 4.98 Å². The molecule has 0 spiro atoms. The molecule has 0 atom stereocenters. The van der Waals surface area contributed by atoms with Gasteiger partial charge in [0.2, 0.25) is 0 Å². The molecule has 0 aromatic carbocycles. The number of nitrogens with zero attached hydrogens (tertiary/aromatic N) is 2. The van der Waals surface area contributed by atoms with E-state index in [1.54, 1.807) is 11.3 Å². The topological polar surface area (TPSA) is 29.3 Å². The van der Waals surface area contributed by atoms with Crippen molar-refractivity contribution in [3.8, 4) is 10.6 Å². The standard InChI is InChI=1S/C17H21N3S/c1-11-9-10-21-15(11)14-16(19-17(3,4)5)20-12(2)7-6-8-13(20)18-14/h6-10,19H,1-5H3. The number of hydrogen-bond acceptors (Lipinski definition) is 3. The third-order valence-electron chi connectivity index (χ3n) is 3.41. The third-order valence-corrected chi connectivity index (χ3v) is 4.43. The number of fused-ring (bicyclic) bond motifs is 1. The van der Waals surface area contributed by atoms with Gasteiger partial charge in [0.15, 0.2) is 0 Å². The molecule has 1 N–H and O–H groups in total. The molecule has 3 aromatic rings. The second-order valence-corrected chi connectivity index (χ2v) is 7.39. The summed E-state index contributed by atoms with van der Waals surface area (Å²) in [4.78, 5) is 6.11. The lowest BCUT2D eigenvalue weighted by molar-refractivity contribution is 0.629. The van der Waals surface area contributed by atoms with Crippen molar-refractivity contribution in [3.63, 3.8) is 0 Å². The fourth-order valence-electron chi connectivity index (χ4n) is 2.50. The Morgan fingerprint density at radius 2 is 1.90 bits per heavy atom. The van der Waals surface area contributed by atoms with Crippen molar-refractivity contribution >= 4 is 22.8 Å². The Morgan fingerprint density at radius 3 is 2.52 bits per heavy atom. The van der Waals surface area contributed by atoms with Crippen LogP contribution in [0.25, 0.3) is 16.2 Å². The van der Waals surface area contributed by atoms with Gasteiger partial charge in [0.1, 0.15) is 17.2 Å². The molecule has 0 fully saturated rings. The average Bonchev–Trinajstić information content (AvgIpc) is 2.92. The predicted octanol–water partition coefficient (Wildman–Crippen LogP) is 4.89. The summed E-state index contributed by atoms with van der Waals surface area (Å²) in [6, 6.07) is 8.39. The number of imidazole rings is 1. The largest absolute Gasteiger partial charge is 0.365 e. The lowest BCUT2D eigenvalue weighted by Gasteiger charge is -2.23. The van der Waals surface area contributed by atoms with Gasteiger partial charge >= 0.3 is 0 Å². The van der Waals surface area contributed by atoms with Gasteiger partial charge in [0.05, 0.1) is 4.88 Å². The Bertz CT molecular complexity index is 790. The number of aryl methyl sites for hydroxylation is 2. The summed E-state index contributed by atoms with van der Waals surface area (Å²) in [6.45, 7) is 10.8. The number of anilines is 1. The minimum atomic E-state index is -0.0157. The van der Waals surface area contributed by atoms with E-state index in [1.807, 2.05) is 0 Å². The van der Waals surface area contributed by atoms with Gasteiger partial charge in [-0.1, -0.05) is 6.07 Å². The van der Waals surface area contributed by atoms with E-state index in [1.165, 1.54) is 16.1 Å². The SMILES string of the molecule is Cc1ccsc1-c1nc2cccc(C)n2c1NC(C)(C)C. The normalized spacial score (nSPS) is 12.0. The van der Waals surface area contributed by atoms with Gasteiger partial charge < -0.3 is 5.32 Å². The molecule has 0 aliphatic rings. The van der Waals surface area contributed by atoms with Crippen molar-refractivity contribution < 1.29 is 0 Å². The maximum atomic E-state index is 4.87. The van der Waals surface area contributed by atoms with E-state index < -0.39 is 0 Å². The first-order valence-electron chi connectivity index (χ1n) is 7.17. The molecular formula is C17H21N3S. The Hall–Kier alpha value is -1.81. The van der Waals surface area contributed by atoms with Crippen LogP contribution in [0.2, 0.25) is 0 Å². The van der Waals surface area contributed by atoms with E-state index >= 15 is 0 Å². The molecule has 0 unspecified atom stereocenters. The van der Waals surface area contributed by atoms with Crippen LogP contribution in [0.15, 0.2) is 29.6 Å². The molecule has 21 heavy (non-hydrogen) atoms. The van der Waals surface area contributed by atoms with Gasteiger partial charge in [0, 0.05) is 11.2 Å². The van der Waals surface area contributed by atoms with E-state index in [2.05, 4.69) is 74.0 Å². The zero-order chi connectivity index (χ0) is 15.2. The zero-order valence-electron chi connectivity index (χ0n) is 13.2. The van der Waals surface area contributed by atoms with Crippen molar-refractivity contribution in [1.82, 2.24) is 9.38 Å². The Labute approximate surface area is 129 Å². The highest BCUT2D eigenvalue weighted by Crippen LogP contribution is 2.36. The summed E-state index contributed by atoms with van der Waals surface area (Å²) in [5, 5.41) is 5.76. The molecule has 3 heterocycles. The summed E-state index contributed by atoms with van der Waals surface area (Å²) < 4.78 is 2.21. The summed E-state index contributed by atoms with van der Waals surface area (Å²) in [6.07, 6.45) is 0. The molecule has 3 nitrogen and oxygen atoms in total. The van der Waals surface area contributed by atoms with Crippen LogP contribution < -0.4 is 5.32 Å². The monoisotopic (exact) mass is 299 g/mol. The van der Waals surface area contributed by atoms with Crippen LogP contribution in [0.4, 0.5) is 5.82 Å². The fraction of sp³-hybridized carbons (Fsp3) is 0.353. The Kier molecular flexibility index (Phi) is 3.29. The van der Waals surface area contributed by atoms with Crippen LogP contribution in [-0.2, 0) is 0 Å². The van der Waals surface area contributed by atoms with Crippen molar-refractivity contribution in [2.24, 2.45) is 0 Å². The lowest BCUT2D eigenvalue weighted by Crippen LogP contribution is -2.27. The molecule has 0 saturated heterocycles. The summed E-state index contributed by atoms with van der Waals surface area (Å²) in [5.41, 5.74) is 4.49. The highest BCUT2D eigenvalue weighted by molar-refractivity contribution is 7.13. The third kappa shape index (κ3) is 2.56. The second-order valence-electron chi connectivity index (χ2n) is 6.48. The van der Waals surface area contributed by atoms with Crippen LogP contribution in [0.3, 0.4) is 0 Å².